The standard InChI is InChI=1S/C59H45N5.C2H6/c1-4-48(41-33-36-47(37-34-41)64-52-31-19-17-29-49(52)50-30-18-20-32-53(50)64)55-40(2)59(45-25-13-7-14-26-45,46-27-15-8-16-28-46)51-39-44(35-38-54(51)63(55)3)58-61-56(42-21-9-5-10-22-42)60-57(62-58)43-23-11-6-12-24-43;1-2/h4-39H,1-3H3;1-2H3/b48-4-;. The van der Waals surface area contributed by atoms with Gasteiger partial charge in [0.2, 0.25) is 0 Å². The number of para-hydroxylation sites is 2. The van der Waals surface area contributed by atoms with Crippen molar-refractivity contribution in [1.29, 1.82) is 0 Å². The van der Waals surface area contributed by atoms with Gasteiger partial charge >= 0.3 is 0 Å². The Balaban J connectivity index is 0.00000252. The van der Waals surface area contributed by atoms with E-state index in [2.05, 4.69) is 212 Å². The first-order valence-corrected chi connectivity index (χ1v) is 22.9. The number of allylic oxidation sites excluding steroid dienone is 3. The average Bonchev–Trinajstić information content (AvgIpc) is 3.73. The quantitative estimate of drug-likeness (QED) is 0.153. The summed E-state index contributed by atoms with van der Waals surface area (Å²) in [4.78, 5) is 17.7. The molecule has 0 atom stereocenters. The van der Waals surface area contributed by atoms with Crippen molar-refractivity contribution >= 4 is 33.1 Å². The maximum atomic E-state index is 5.18. The van der Waals surface area contributed by atoms with Crippen molar-refractivity contribution in [3.8, 4) is 39.9 Å². The minimum atomic E-state index is -0.676. The summed E-state index contributed by atoms with van der Waals surface area (Å²) in [5, 5.41) is 2.51. The molecule has 11 rings (SSSR count). The van der Waals surface area contributed by atoms with Gasteiger partial charge in [0.05, 0.1) is 16.4 Å². The average molecular weight is 854 g/mol. The largest absolute Gasteiger partial charge is 0.344 e. The van der Waals surface area contributed by atoms with Gasteiger partial charge in [-0.3, -0.25) is 0 Å². The van der Waals surface area contributed by atoms with Crippen LogP contribution in [0.25, 0.3) is 67.2 Å². The summed E-state index contributed by atoms with van der Waals surface area (Å²) >= 11 is 0. The molecule has 0 amide bonds. The summed E-state index contributed by atoms with van der Waals surface area (Å²) in [7, 11) is 2.21. The molecule has 0 bridgehead atoms. The molecule has 8 aromatic carbocycles. The molecule has 5 nitrogen and oxygen atoms in total. The van der Waals surface area contributed by atoms with E-state index >= 15 is 0 Å². The molecule has 0 aliphatic carbocycles. The molecule has 1 aliphatic rings. The number of benzene rings is 8. The molecular formula is C61H51N5. The highest BCUT2D eigenvalue weighted by molar-refractivity contribution is 6.09. The fourth-order valence-corrected chi connectivity index (χ4v) is 10.1. The lowest BCUT2D eigenvalue weighted by Crippen LogP contribution is -2.40. The summed E-state index contributed by atoms with van der Waals surface area (Å²) in [6, 6.07) is 75.5. The third kappa shape index (κ3) is 7.01. The molecule has 3 heterocycles. The zero-order chi connectivity index (χ0) is 45.2. The molecule has 0 radical (unpaired) electrons. The Morgan fingerprint density at radius 2 is 0.924 bits per heavy atom. The molecule has 0 saturated carbocycles. The number of fused-ring (bicyclic) bond motifs is 4. The second-order valence-corrected chi connectivity index (χ2v) is 16.4. The van der Waals surface area contributed by atoms with Crippen LogP contribution < -0.4 is 4.90 Å². The molecule has 0 fully saturated rings. The normalized spacial score (nSPS) is 13.3. The van der Waals surface area contributed by atoms with E-state index < -0.39 is 5.41 Å². The van der Waals surface area contributed by atoms with Gasteiger partial charge in [0.1, 0.15) is 0 Å². The minimum absolute atomic E-state index is 0.623. The van der Waals surface area contributed by atoms with Gasteiger partial charge in [0.15, 0.2) is 17.5 Å². The number of aromatic nitrogens is 4. The van der Waals surface area contributed by atoms with Crippen molar-refractivity contribution in [2.24, 2.45) is 0 Å². The van der Waals surface area contributed by atoms with Crippen molar-refractivity contribution in [2.45, 2.75) is 33.1 Å². The van der Waals surface area contributed by atoms with Crippen LogP contribution in [-0.4, -0.2) is 26.6 Å². The molecule has 0 spiro atoms. The second kappa shape index (κ2) is 17.8. The van der Waals surface area contributed by atoms with E-state index in [1.807, 2.05) is 50.2 Å². The molecule has 1 aliphatic heterocycles. The monoisotopic (exact) mass is 853 g/mol. The molecule has 0 saturated heterocycles. The van der Waals surface area contributed by atoms with Crippen LogP contribution in [0, 0.1) is 0 Å². The lowest BCUT2D eigenvalue weighted by molar-refractivity contribution is 0.695. The molecule has 320 valence electrons. The van der Waals surface area contributed by atoms with Crippen LogP contribution in [0.2, 0.25) is 0 Å². The number of anilines is 1. The third-order valence-corrected chi connectivity index (χ3v) is 12.9. The molecule has 0 N–H and O–H groups in total. The topological polar surface area (TPSA) is 46.8 Å². The zero-order valence-corrected chi connectivity index (χ0v) is 38.0. The van der Waals surface area contributed by atoms with Crippen LogP contribution in [0.5, 0.6) is 0 Å². The van der Waals surface area contributed by atoms with Crippen LogP contribution in [0.4, 0.5) is 5.69 Å². The molecule has 5 heteroatoms. The van der Waals surface area contributed by atoms with E-state index in [0.29, 0.717) is 17.5 Å². The SMILES string of the molecule is C/C=C(\C1=C(C)C(c2ccccc2)(c2ccccc2)c2cc(-c3nc(-c4ccccc4)nc(-c4ccccc4)n3)ccc2N1C)c1ccc(-n2c3ccccc3c3ccccc32)cc1.CC. The predicted molar refractivity (Wildman–Crippen MR) is 276 cm³/mol. The highest BCUT2D eigenvalue weighted by atomic mass is 15.1. The first kappa shape index (κ1) is 41.8. The maximum Gasteiger partial charge on any atom is 0.164 e. The van der Waals surface area contributed by atoms with E-state index in [1.54, 1.807) is 0 Å². The number of hydrogen-bond acceptors (Lipinski definition) is 4. The van der Waals surface area contributed by atoms with E-state index in [9.17, 15) is 0 Å². The first-order valence-electron chi connectivity index (χ1n) is 22.9. The van der Waals surface area contributed by atoms with Gasteiger partial charge in [-0.1, -0.05) is 190 Å². The Kier molecular flexibility index (Phi) is 11.3. The summed E-state index contributed by atoms with van der Waals surface area (Å²) in [6.07, 6.45) is 2.27. The highest BCUT2D eigenvalue weighted by Crippen LogP contribution is 2.55. The van der Waals surface area contributed by atoms with Gasteiger partial charge in [-0.15, -0.1) is 0 Å². The van der Waals surface area contributed by atoms with Crippen LogP contribution in [0.15, 0.2) is 230 Å². The predicted octanol–water partition coefficient (Wildman–Crippen LogP) is 15.2. The van der Waals surface area contributed by atoms with Crippen molar-refractivity contribution in [1.82, 2.24) is 19.5 Å². The van der Waals surface area contributed by atoms with Crippen molar-refractivity contribution < 1.29 is 0 Å². The van der Waals surface area contributed by atoms with Crippen molar-refractivity contribution in [2.75, 3.05) is 11.9 Å². The third-order valence-electron chi connectivity index (χ3n) is 12.9. The fourth-order valence-electron chi connectivity index (χ4n) is 10.1. The van der Waals surface area contributed by atoms with Gasteiger partial charge < -0.3 is 9.47 Å². The number of rotatable bonds is 8. The van der Waals surface area contributed by atoms with E-state index in [4.69, 9.17) is 15.0 Å². The van der Waals surface area contributed by atoms with Gasteiger partial charge in [-0.2, -0.15) is 0 Å². The Bertz CT molecular complexity index is 3240. The van der Waals surface area contributed by atoms with Crippen LogP contribution in [0.3, 0.4) is 0 Å². The Labute approximate surface area is 387 Å². The summed E-state index contributed by atoms with van der Waals surface area (Å²) in [5.41, 5.74) is 15.0. The molecule has 0 unspecified atom stereocenters. The summed E-state index contributed by atoms with van der Waals surface area (Å²) in [5.74, 6) is 1.90. The van der Waals surface area contributed by atoms with E-state index in [1.165, 1.54) is 38.5 Å². The minimum Gasteiger partial charge on any atom is -0.344 e. The van der Waals surface area contributed by atoms with Crippen LogP contribution in [0.1, 0.15) is 49.9 Å². The molecular weight excluding hydrogens is 803 g/mol. The Hall–Kier alpha value is -8.15. The lowest BCUT2D eigenvalue weighted by atomic mass is 9.61. The van der Waals surface area contributed by atoms with Gasteiger partial charge in [-0.05, 0) is 84.1 Å². The smallest absolute Gasteiger partial charge is 0.164 e. The maximum absolute atomic E-state index is 5.18. The molecule has 2 aromatic heterocycles. The summed E-state index contributed by atoms with van der Waals surface area (Å²) in [6.45, 7) is 8.48. The number of nitrogens with zero attached hydrogens (tertiary/aromatic N) is 5. The summed E-state index contributed by atoms with van der Waals surface area (Å²) < 4.78 is 2.38. The second-order valence-electron chi connectivity index (χ2n) is 16.4. The Morgan fingerprint density at radius 1 is 0.485 bits per heavy atom. The van der Waals surface area contributed by atoms with Crippen molar-refractivity contribution in [3.63, 3.8) is 0 Å². The Morgan fingerprint density at radius 3 is 1.41 bits per heavy atom. The van der Waals surface area contributed by atoms with Crippen LogP contribution >= 0.6 is 0 Å². The number of likely N-dealkylation sites (N-methyl/N-ethyl adjacent to an activating group) is 1. The first-order chi connectivity index (χ1) is 32.5. The zero-order valence-electron chi connectivity index (χ0n) is 38.0. The molecule has 66 heavy (non-hydrogen) atoms. The van der Waals surface area contributed by atoms with Gasteiger partial charge in [-0.25, -0.2) is 15.0 Å². The van der Waals surface area contributed by atoms with E-state index in [0.717, 1.165) is 50.5 Å². The lowest BCUT2D eigenvalue weighted by Gasteiger charge is -2.47. The fraction of sp³-hybridized carbons (Fsp3) is 0.0984. The van der Waals surface area contributed by atoms with Crippen molar-refractivity contribution in [3.05, 3.63) is 252 Å². The van der Waals surface area contributed by atoms with E-state index in [-0.39, 0.29) is 0 Å². The van der Waals surface area contributed by atoms with Gasteiger partial charge in [0.25, 0.3) is 0 Å². The van der Waals surface area contributed by atoms with Crippen LogP contribution in [-0.2, 0) is 5.41 Å². The molecule has 10 aromatic rings. The number of hydrogen-bond donors (Lipinski definition) is 0. The highest BCUT2D eigenvalue weighted by Gasteiger charge is 2.46. The van der Waals surface area contributed by atoms with Gasteiger partial charge in [0, 0.05) is 57.2 Å².